The summed E-state index contributed by atoms with van der Waals surface area (Å²) in [5.41, 5.74) is 1.20. The van der Waals surface area contributed by atoms with Gasteiger partial charge in [-0.15, -0.1) is 0 Å². The first kappa shape index (κ1) is 19.6. The van der Waals surface area contributed by atoms with Gasteiger partial charge < -0.3 is 9.47 Å². The molecule has 0 aromatic heterocycles. The molecule has 1 aromatic carbocycles. The molecule has 1 aliphatic heterocycles. The first-order chi connectivity index (χ1) is 11.3. The Labute approximate surface area is 152 Å². The lowest BCUT2D eigenvalue weighted by Crippen LogP contribution is -2.45. The largest absolute Gasteiger partial charge is 0.493 e. The Morgan fingerprint density at radius 3 is 2.46 bits per heavy atom. The highest BCUT2D eigenvalue weighted by molar-refractivity contribution is 6.30. The maximum absolute atomic E-state index is 6.14. The molecule has 2 atom stereocenters. The Morgan fingerprint density at radius 1 is 1.17 bits per heavy atom. The van der Waals surface area contributed by atoms with E-state index in [4.69, 9.17) is 21.1 Å². The molecular formula is C20H32ClNO2. The van der Waals surface area contributed by atoms with Crippen LogP contribution in [0.15, 0.2) is 18.2 Å². The number of ether oxygens (including phenoxy) is 2. The van der Waals surface area contributed by atoms with Crippen molar-refractivity contribution < 1.29 is 9.47 Å². The highest BCUT2D eigenvalue weighted by Crippen LogP contribution is 2.33. The predicted molar refractivity (Wildman–Crippen MR) is 101 cm³/mol. The van der Waals surface area contributed by atoms with Gasteiger partial charge in [-0.3, -0.25) is 4.90 Å². The number of nitrogens with zero attached hydrogens (tertiary/aromatic N) is 1. The zero-order valence-corrected chi connectivity index (χ0v) is 16.5. The Morgan fingerprint density at radius 2 is 1.83 bits per heavy atom. The molecule has 0 aliphatic carbocycles. The summed E-state index contributed by atoms with van der Waals surface area (Å²) in [6.45, 7) is 14.8. The van der Waals surface area contributed by atoms with E-state index >= 15 is 0 Å². The summed E-state index contributed by atoms with van der Waals surface area (Å²) in [7, 11) is 0. The minimum atomic E-state index is 0.0281. The average molecular weight is 354 g/mol. The summed E-state index contributed by atoms with van der Waals surface area (Å²) >= 11 is 6.14. The van der Waals surface area contributed by atoms with Crippen molar-refractivity contribution in [2.45, 2.75) is 65.1 Å². The van der Waals surface area contributed by atoms with E-state index in [0.29, 0.717) is 12.2 Å². The number of unbranched alkanes of at least 4 members (excludes halogenated alkanes) is 1. The predicted octanol–water partition coefficient (Wildman–Crippen LogP) is 4.91. The third-order valence-corrected chi connectivity index (χ3v) is 4.61. The summed E-state index contributed by atoms with van der Waals surface area (Å²) in [5.74, 6) is 0.959. The van der Waals surface area contributed by atoms with Gasteiger partial charge in [0.15, 0.2) is 0 Å². The van der Waals surface area contributed by atoms with Gasteiger partial charge >= 0.3 is 0 Å². The minimum Gasteiger partial charge on any atom is -0.493 e. The molecule has 0 bridgehead atoms. The second-order valence-corrected chi connectivity index (χ2v) is 8.40. The summed E-state index contributed by atoms with van der Waals surface area (Å²) < 4.78 is 11.8. The van der Waals surface area contributed by atoms with Crippen molar-refractivity contribution in [2.75, 3.05) is 26.2 Å². The molecule has 3 nitrogen and oxygen atoms in total. The van der Waals surface area contributed by atoms with Gasteiger partial charge in [-0.05, 0) is 56.8 Å². The molecule has 0 radical (unpaired) electrons. The lowest BCUT2D eigenvalue weighted by Gasteiger charge is -2.35. The van der Waals surface area contributed by atoms with E-state index in [-0.39, 0.29) is 5.41 Å². The molecule has 1 heterocycles. The Balaban J connectivity index is 1.77. The maximum atomic E-state index is 6.14. The molecule has 1 aliphatic rings. The van der Waals surface area contributed by atoms with Gasteiger partial charge in [-0.25, -0.2) is 0 Å². The van der Waals surface area contributed by atoms with Crippen LogP contribution < -0.4 is 4.74 Å². The number of rotatable bonds is 6. The second kappa shape index (κ2) is 8.55. The van der Waals surface area contributed by atoms with Crippen LogP contribution in [0.25, 0.3) is 0 Å². The highest BCUT2D eigenvalue weighted by atomic mass is 35.5. The third-order valence-electron chi connectivity index (χ3n) is 4.37. The number of benzene rings is 1. The van der Waals surface area contributed by atoms with Gasteiger partial charge in [0, 0.05) is 23.7 Å². The van der Waals surface area contributed by atoms with E-state index in [1.165, 1.54) is 5.56 Å². The number of halogens is 1. The normalized spacial score (nSPS) is 22.6. The highest BCUT2D eigenvalue weighted by Gasteiger charge is 2.22. The maximum Gasteiger partial charge on any atom is 0.123 e. The van der Waals surface area contributed by atoms with Crippen LogP contribution in [-0.2, 0) is 10.2 Å². The third kappa shape index (κ3) is 5.94. The fourth-order valence-corrected chi connectivity index (χ4v) is 3.47. The fraction of sp³-hybridized carbons (Fsp3) is 0.700. The van der Waals surface area contributed by atoms with Gasteiger partial charge in [0.2, 0.25) is 0 Å². The van der Waals surface area contributed by atoms with Crippen LogP contribution in [0.5, 0.6) is 5.75 Å². The van der Waals surface area contributed by atoms with Crippen LogP contribution in [0.4, 0.5) is 0 Å². The number of hydrogen-bond donors (Lipinski definition) is 0. The van der Waals surface area contributed by atoms with Crippen LogP contribution in [0.3, 0.4) is 0 Å². The molecule has 1 saturated heterocycles. The van der Waals surface area contributed by atoms with E-state index in [0.717, 1.165) is 49.9 Å². The monoisotopic (exact) mass is 353 g/mol. The Hall–Kier alpha value is -0.770. The molecule has 0 saturated carbocycles. The van der Waals surface area contributed by atoms with Crippen molar-refractivity contribution in [2.24, 2.45) is 0 Å². The standard InChI is InChI=1S/C20H32ClNO2/c1-15-13-22(14-16(2)24-15)10-6-7-11-23-19-9-8-17(21)12-18(19)20(3,4)5/h8-9,12,15-16H,6-7,10-11,13-14H2,1-5H3/t15-,16-/m1/s1. The van der Waals surface area contributed by atoms with Crippen LogP contribution in [0.2, 0.25) is 5.02 Å². The fourth-order valence-electron chi connectivity index (χ4n) is 3.30. The molecule has 0 spiro atoms. The van der Waals surface area contributed by atoms with Gasteiger partial charge in [0.1, 0.15) is 5.75 Å². The topological polar surface area (TPSA) is 21.7 Å². The molecule has 0 N–H and O–H groups in total. The van der Waals surface area contributed by atoms with E-state index in [2.05, 4.69) is 39.5 Å². The zero-order chi connectivity index (χ0) is 17.7. The van der Waals surface area contributed by atoms with Gasteiger partial charge in [-0.2, -0.15) is 0 Å². The van der Waals surface area contributed by atoms with Crippen molar-refractivity contribution in [3.05, 3.63) is 28.8 Å². The molecular weight excluding hydrogens is 322 g/mol. The van der Waals surface area contributed by atoms with Gasteiger partial charge in [0.05, 0.1) is 18.8 Å². The van der Waals surface area contributed by atoms with Crippen molar-refractivity contribution >= 4 is 11.6 Å². The van der Waals surface area contributed by atoms with Crippen molar-refractivity contribution in [1.82, 2.24) is 4.90 Å². The Bertz CT molecular complexity index is 517. The molecule has 2 rings (SSSR count). The second-order valence-electron chi connectivity index (χ2n) is 7.96. The van der Waals surface area contributed by atoms with Crippen molar-refractivity contribution in [3.8, 4) is 5.75 Å². The lowest BCUT2D eigenvalue weighted by atomic mass is 9.86. The lowest BCUT2D eigenvalue weighted by molar-refractivity contribution is -0.0682. The minimum absolute atomic E-state index is 0.0281. The number of morpholine rings is 1. The summed E-state index contributed by atoms with van der Waals surface area (Å²) in [5, 5.41) is 0.767. The van der Waals surface area contributed by atoms with Crippen molar-refractivity contribution in [3.63, 3.8) is 0 Å². The van der Waals surface area contributed by atoms with E-state index in [9.17, 15) is 0 Å². The van der Waals surface area contributed by atoms with Crippen LogP contribution >= 0.6 is 11.6 Å². The molecule has 4 heteroatoms. The molecule has 1 fully saturated rings. The molecule has 0 amide bonds. The summed E-state index contributed by atoms with van der Waals surface area (Å²) in [4.78, 5) is 2.50. The van der Waals surface area contributed by atoms with E-state index < -0.39 is 0 Å². The molecule has 24 heavy (non-hydrogen) atoms. The van der Waals surface area contributed by atoms with Crippen LogP contribution in [0, 0.1) is 0 Å². The van der Waals surface area contributed by atoms with Crippen molar-refractivity contribution in [1.29, 1.82) is 0 Å². The van der Waals surface area contributed by atoms with Crippen LogP contribution in [-0.4, -0.2) is 43.3 Å². The van der Waals surface area contributed by atoms with E-state index in [1.807, 2.05) is 18.2 Å². The van der Waals surface area contributed by atoms with Gasteiger partial charge in [0.25, 0.3) is 0 Å². The summed E-state index contributed by atoms with van der Waals surface area (Å²) in [6, 6.07) is 5.92. The first-order valence-electron chi connectivity index (χ1n) is 9.06. The summed E-state index contributed by atoms with van der Waals surface area (Å²) in [6.07, 6.45) is 2.89. The number of hydrogen-bond acceptors (Lipinski definition) is 3. The van der Waals surface area contributed by atoms with Crippen LogP contribution in [0.1, 0.15) is 53.0 Å². The molecule has 1 aromatic rings. The smallest absolute Gasteiger partial charge is 0.123 e. The average Bonchev–Trinajstić information content (AvgIpc) is 2.46. The quantitative estimate of drug-likeness (QED) is 0.678. The van der Waals surface area contributed by atoms with Gasteiger partial charge in [-0.1, -0.05) is 32.4 Å². The first-order valence-corrected chi connectivity index (χ1v) is 9.44. The Kier molecular flexibility index (Phi) is 6.97. The SMILES string of the molecule is C[C@@H]1CN(CCCCOc2ccc(Cl)cc2C(C)(C)C)C[C@@H](C)O1. The molecule has 136 valence electrons. The molecule has 0 unspecified atom stereocenters. The van der Waals surface area contributed by atoms with E-state index in [1.54, 1.807) is 0 Å². The zero-order valence-electron chi connectivity index (χ0n) is 15.8.